The first-order valence-corrected chi connectivity index (χ1v) is 8.70. The van der Waals surface area contributed by atoms with Crippen molar-refractivity contribution >= 4 is 5.82 Å². The fourth-order valence-corrected chi connectivity index (χ4v) is 3.24. The van der Waals surface area contributed by atoms with E-state index in [1.165, 1.54) is 4.57 Å². The van der Waals surface area contributed by atoms with Crippen LogP contribution >= 0.6 is 0 Å². The Morgan fingerprint density at radius 1 is 1.35 bits per heavy atom. The largest absolute Gasteiger partial charge is 0.390 e. The molecule has 3 atom stereocenters. The minimum absolute atomic E-state index is 0.113. The molecule has 0 saturated carbocycles. The van der Waals surface area contributed by atoms with Crippen LogP contribution in [0.25, 0.3) is 0 Å². The summed E-state index contributed by atoms with van der Waals surface area (Å²) >= 11 is 0. The molecule has 3 N–H and O–H groups in total. The monoisotopic (exact) mass is 356 g/mol. The molecule has 4 rings (SSSR count). The van der Waals surface area contributed by atoms with Crippen molar-refractivity contribution in [3.8, 4) is 11.8 Å². The number of aliphatic hydroxyl groups is 1. The summed E-state index contributed by atoms with van der Waals surface area (Å²) in [7, 11) is 0. The molecule has 2 aromatic rings. The standard InChI is InChI=1S/C17H20N6O3/c18-16-11-5-3-1-2-4-6-12-9-22(21-20-12)10-14-13(24)7-15(26-14)23(8-11)17(25)19-16/h8-9,13-15,24H,1-2,4,6-7,10H2,(H2,18,19,25)/t13-,14-,15-/m1/s1. The van der Waals surface area contributed by atoms with Crippen molar-refractivity contribution in [3.05, 3.63) is 34.1 Å². The first-order valence-electron chi connectivity index (χ1n) is 8.70. The maximum atomic E-state index is 12.2. The molecule has 0 aromatic carbocycles. The lowest BCUT2D eigenvalue weighted by Crippen LogP contribution is -2.29. The highest BCUT2D eigenvalue weighted by atomic mass is 16.5. The Kier molecular flexibility index (Phi) is 4.44. The van der Waals surface area contributed by atoms with Crippen LogP contribution in [0.4, 0.5) is 5.82 Å². The van der Waals surface area contributed by atoms with Gasteiger partial charge in [-0.15, -0.1) is 5.10 Å². The number of fused-ring (bicyclic) bond motifs is 7. The molecule has 0 radical (unpaired) electrons. The van der Waals surface area contributed by atoms with E-state index < -0.39 is 24.1 Å². The first kappa shape index (κ1) is 16.8. The Morgan fingerprint density at radius 3 is 3.12 bits per heavy atom. The molecule has 9 heteroatoms. The van der Waals surface area contributed by atoms with Gasteiger partial charge in [0.2, 0.25) is 0 Å². The van der Waals surface area contributed by atoms with Crippen molar-refractivity contribution in [1.29, 1.82) is 0 Å². The number of aliphatic hydroxyl groups excluding tert-OH is 1. The van der Waals surface area contributed by atoms with Crippen LogP contribution in [-0.2, 0) is 17.7 Å². The average Bonchev–Trinajstić information content (AvgIpc) is 3.19. The van der Waals surface area contributed by atoms with Crippen LogP contribution in [0.5, 0.6) is 0 Å². The van der Waals surface area contributed by atoms with Gasteiger partial charge in [0, 0.05) is 25.2 Å². The molecule has 2 aliphatic heterocycles. The molecule has 1 fully saturated rings. The number of anilines is 1. The zero-order chi connectivity index (χ0) is 18.1. The number of aromatic nitrogens is 5. The fourth-order valence-electron chi connectivity index (χ4n) is 3.24. The van der Waals surface area contributed by atoms with Gasteiger partial charge in [-0.25, -0.2) is 9.48 Å². The molecule has 1 saturated heterocycles. The summed E-state index contributed by atoms with van der Waals surface area (Å²) in [5, 5.41) is 18.6. The second-order valence-electron chi connectivity index (χ2n) is 6.60. The summed E-state index contributed by atoms with van der Waals surface area (Å²) in [5.41, 5.74) is 6.71. The Hall–Kier alpha value is -2.70. The molecule has 0 amide bonds. The van der Waals surface area contributed by atoms with Crippen molar-refractivity contribution in [1.82, 2.24) is 24.5 Å². The van der Waals surface area contributed by atoms with E-state index in [1.807, 2.05) is 6.20 Å². The summed E-state index contributed by atoms with van der Waals surface area (Å²) in [6.07, 6.45) is 5.32. The van der Waals surface area contributed by atoms with Gasteiger partial charge >= 0.3 is 5.69 Å². The number of nitrogen functional groups attached to an aromatic ring is 1. The number of aryl methyl sites for hydroxylation is 1. The second-order valence-corrected chi connectivity index (χ2v) is 6.60. The summed E-state index contributed by atoms with van der Waals surface area (Å²) < 4.78 is 8.92. The predicted octanol–water partition coefficient (Wildman–Crippen LogP) is -0.157. The maximum absolute atomic E-state index is 12.2. The number of nitrogens with two attached hydrogens (primary N) is 1. The molecule has 26 heavy (non-hydrogen) atoms. The minimum Gasteiger partial charge on any atom is -0.390 e. The van der Waals surface area contributed by atoms with Crippen molar-refractivity contribution in [3.63, 3.8) is 0 Å². The summed E-state index contributed by atoms with van der Waals surface area (Å²) in [6, 6.07) is 0. The van der Waals surface area contributed by atoms with Gasteiger partial charge in [0.1, 0.15) is 18.1 Å². The average molecular weight is 356 g/mol. The molecule has 136 valence electrons. The Morgan fingerprint density at radius 2 is 2.23 bits per heavy atom. The Labute approximate surface area is 149 Å². The molecule has 2 aromatic heterocycles. The molecule has 4 heterocycles. The van der Waals surface area contributed by atoms with Crippen molar-refractivity contribution in [2.75, 3.05) is 5.73 Å². The predicted molar refractivity (Wildman–Crippen MR) is 91.9 cm³/mol. The van der Waals surface area contributed by atoms with Crippen molar-refractivity contribution in [2.45, 2.75) is 57.1 Å². The van der Waals surface area contributed by atoms with Crippen LogP contribution in [0.15, 0.2) is 17.2 Å². The van der Waals surface area contributed by atoms with E-state index in [0.29, 0.717) is 18.5 Å². The van der Waals surface area contributed by atoms with Crippen LogP contribution in [-0.4, -0.2) is 41.9 Å². The van der Waals surface area contributed by atoms with E-state index in [1.54, 1.807) is 10.9 Å². The zero-order valence-electron chi connectivity index (χ0n) is 14.2. The topological polar surface area (TPSA) is 121 Å². The van der Waals surface area contributed by atoms with Crippen LogP contribution in [0.1, 0.15) is 43.2 Å². The highest BCUT2D eigenvalue weighted by Crippen LogP contribution is 2.29. The number of nitrogens with zero attached hydrogens (tertiary/aromatic N) is 5. The highest BCUT2D eigenvalue weighted by Gasteiger charge is 2.36. The molecule has 6 bridgehead atoms. The van der Waals surface area contributed by atoms with Crippen molar-refractivity contribution in [2.24, 2.45) is 0 Å². The molecule has 0 spiro atoms. The lowest BCUT2D eigenvalue weighted by Gasteiger charge is -2.16. The zero-order valence-corrected chi connectivity index (χ0v) is 14.2. The van der Waals surface area contributed by atoms with Gasteiger partial charge < -0.3 is 15.6 Å². The van der Waals surface area contributed by atoms with Gasteiger partial charge in [0.25, 0.3) is 0 Å². The number of ether oxygens (including phenoxy) is 1. The highest BCUT2D eigenvalue weighted by molar-refractivity contribution is 5.48. The normalized spacial score (nSPS) is 25.5. The van der Waals surface area contributed by atoms with Crippen molar-refractivity contribution < 1.29 is 9.84 Å². The number of hydrogen-bond donors (Lipinski definition) is 2. The summed E-state index contributed by atoms with van der Waals surface area (Å²) in [4.78, 5) is 16.1. The maximum Gasteiger partial charge on any atom is 0.351 e. The smallest absolute Gasteiger partial charge is 0.351 e. The molecule has 2 aliphatic rings. The lowest BCUT2D eigenvalue weighted by molar-refractivity contribution is -0.0301. The fraction of sp³-hybridized carbons (Fsp3) is 0.529. The van der Waals surface area contributed by atoms with E-state index in [0.717, 1.165) is 25.0 Å². The molecule has 0 aliphatic carbocycles. The third-order valence-electron chi connectivity index (χ3n) is 4.66. The minimum atomic E-state index is -0.720. The third-order valence-corrected chi connectivity index (χ3v) is 4.66. The molecular formula is C17H20N6O3. The summed E-state index contributed by atoms with van der Waals surface area (Å²) in [5.74, 6) is 6.17. The number of hydrogen-bond acceptors (Lipinski definition) is 7. The van der Waals surface area contributed by atoms with Gasteiger partial charge in [-0.3, -0.25) is 4.57 Å². The van der Waals surface area contributed by atoms with Gasteiger partial charge in [-0.2, -0.15) is 4.98 Å². The SMILES string of the molecule is Nc1nc(=O)n2cc1C#CCCCCc1cn(nn1)C[C@H]1O[C@@H]2C[C@H]1O. The Balaban J connectivity index is 1.69. The van der Waals surface area contributed by atoms with Gasteiger partial charge in [-0.05, 0) is 19.3 Å². The van der Waals surface area contributed by atoms with Crippen LogP contribution in [0, 0.1) is 11.8 Å². The van der Waals surface area contributed by atoms with Gasteiger partial charge in [0.15, 0.2) is 0 Å². The third kappa shape index (κ3) is 3.34. The van der Waals surface area contributed by atoms with E-state index in [2.05, 4.69) is 27.1 Å². The van der Waals surface area contributed by atoms with Crippen LogP contribution in [0.2, 0.25) is 0 Å². The van der Waals surface area contributed by atoms with Gasteiger partial charge in [0.05, 0.1) is 23.9 Å². The second kappa shape index (κ2) is 6.90. The summed E-state index contributed by atoms with van der Waals surface area (Å²) in [6.45, 7) is 0.370. The first-order chi connectivity index (χ1) is 12.6. The van der Waals surface area contributed by atoms with E-state index in [9.17, 15) is 9.90 Å². The van der Waals surface area contributed by atoms with Crippen LogP contribution < -0.4 is 11.4 Å². The van der Waals surface area contributed by atoms with E-state index in [-0.39, 0.29) is 12.2 Å². The quantitative estimate of drug-likeness (QED) is 0.629. The lowest BCUT2D eigenvalue weighted by atomic mass is 10.1. The van der Waals surface area contributed by atoms with E-state index in [4.69, 9.17) is 10.5 Å². The van der Waals surface area contributed by atoms with Crippen LogP contribution in [0.3, 0.4) is 0 Å². The molecule has 0 unspecified atom stereocenters. The molecule has 9 nitrogen and oxygen atoms in total. The number of rotatable bonds is 0. The molecular weight excluding hydrogens is 336 g/mol. The van der Waals surface area contributed by atoms with Gasteiger partial charge in [-0.1, -0.05) is 17.1 Å². The Bertz CT molecular complexity index is 925. The van der Waals surface area contributed by atoms with E-state index >= 15 is 0 Å².